The van der Waals surface area contributed by atoms with Crippen LogP contribution in [-0.2, 0) is 30.8 Å². The van der Waals surface area contributed by atoms with Gasteiger partial charge in [-0.3, -0.25) is 4.79 Å². The van der Waals surface area contributed by atoms with Gasteiger partial charge in [0.15, 0.2) is 0 Å². The first kappa shape index (κ1) is 19.4. The van der Waals surface area contributed by atoms with Crippen LogP contribution in [0.1, 0.15) is 38.7 Å². The van der Waals surface area contributed by atoms with E-state index in [0.29, 0.717) is 26.2 Å². The minimum absolute atomic E-state index is 0.0644. The number of hydrogen-bond donors (Lipinski definition) is 0. The van der Waals surface area contributed by atoms with Crippen LogP contribution >= 0.6 is 0 Å². The van der Waals surface area contributed by atoms with Crippen LogP contribution in [0, 0.1) is 13.8 Å². The Kier molecular flexibility index (Phi) is 5.49. The van der Waals surface area contributed by atoms with Crippen LogP contribution in [0.4, 0.5) is 0 Å². The van der Waals surface area contributed by atoms with Crippen molar-refractivity contribution in [2.24, 2.45) is 0 Å². The molecule has 7 heteroatoms. The maximum absolute atomic E-state index is 13.3. The molecule has 0 saturated carbocycles. The Hall–Kier alpha value is -2.93. The predicted molar refractivity (Wildman–Crippen MR) is 110 cm³/mol. The number of carbonyl (C=O) groups excluding carboxylic acids is 1. The van der Waals surface area contributed by atoms with Gasteiger partial charge >= 0.3 is 0 Å². The molecule has 0 bridgehead atoms. The van der Waals surface area contributed by atoms with E-state index in [1.807, 2.05) is 40.8 Å². The van der Waals surface area contributed by atoms with E-state index in [9.17, 15) is 4.79 Å². The summed E-state index contributed by atoms with van der Waals surface area (Å²) in [6, 6.07) is 12.3. The summed E-state index contributed by atoms with van der Waals surface area (Å²) in [5, 5.41) is 8.52. The predicted octanol–water partition coefficient (Wildman–Crippen LogP) is 2.59. The summed E-state index contributed by atoms with van der Waals surface area (Å²) in [5.41, 5.74) is 6.10. The first-order chi connectivity index (χ1) is 14.1. The summed E-state index contributed by atoms with van der Waals surface area (Å²) < 4.78 is 9.24. The zero-order valence-electron chi connectivity index (χ0n) is 17.3. The third kappa shape index (κ3) is 3.82. The van der Waals surface area contributed by atoms with Crippen LogP contribution in [-0.4, -0.2) is 50.6 Å². The zero-order chi connectivity index (χ0) is 20.4. The molecular formula is C22H27N5O2. The van der Waals surface area contributed by atoms with Gasteiger partial charge in [0, 0.05) is 38.0 Å². The Morgan fingerprint density at radius 3 is 2.76 bits per heavy atom. The summed E-state index contributed by atoms with van der Waals surface area (Å²) >= 11 is 0. The summed E-state index contributed by atoms with van der Waals surface area (Å²) in [7, 11) is 1.68. The number of nitrogens with zero attached hydrogens (tertiary/aromatic N) is 5. The molecule has 0 spiro atoms. The number of hydrogen-bond acceptors (Lipinski definition) is 4. The van der Waals surface area contributed by atoms with Crippen LogP contribution in [0.25, 0.3) is 0 Å². The Balaban J connectivity index is 1.52. The van der Waals surface area contributed by atoms with Gasteiger partial charge in [-0.15, -0.1) is 5.10 Å². The first-order valence-corrected chi connectivity index (χ1v) is 9.98. The van der Waals surface area contributed by atoms with Gasteiger partial charge in [0.1, 0.15) is 5.69 Å². The maximum Gasteiger partial charge on any atom is 0.256 e. The fraction of sp³-hybridized carbons (Fsp3) is 0.409. The van der Waals surface area contributed by atoms with E-state index in [-0.39, 0.29) is 5.91 Å². The molecule has 1 amide bonds. The highest BCUT2D eigenvalue weighted by Gasteiger charge is 2.28. The fourth-order valence-corrected chi connectivity index (χ4v) is 3.99. The summed E-state index contributed by atoms with van der Waals surface area (Å²) in [4.78, 5) is 15.1. The quantitative estimate of drug-likeness (QED) is 0.646. The standard InChI is InChI=1S/C22H27N5O2/c1-16-13-19(17(2)26(16)14-18-7-5-4-6-8-18)22(28)25-10-9-21-20(15-25)23-24-27(21)11-12-29-3/h4-8,13H,9-12,14-15H2,1-3H3. The number of benzene rings is 1. The molecule has 4 rings (SSSR count). The van der Waals surface area contributed by atoms with E-state index in [0.717, 1.165) is 41.3 Å². The second kappa shape index (κ2) is 8.21. The highest BCUT2D eigenvalue weighted by molar-refractivity contribution is 5.95. The van der Waals surface area contributed by atoms with Crippen molar-refractivity contribution >= 4 is 5.91 Å². The lowest BCUT2D eigenvalue weighted by atomic mass is 10.1. The molecule has 1 aromatic carbocycles. The lowest BCUT2D eigenvalue weighted by molar-refractivity contribution is 0.0729. The van der Waals surface area contributed by atoms with E-state index in [2.05, 4.69) is 33.9 Å². The third-order valence-corrected chi connectivity index (χ3v) is 5.66. The second-order valence-corrected chi connectivity index (χ2v) is 7.53. The van der Waals surface area contributed by atoms with Gasteiger partial charge in [-0.1, -0.05) is 35.5 Å². The lowest BCUT2D eigenvalue weighted by Crippen LogP contribution is -2.36. The molecular weight excluding hydrogens is 366 g/mol. The molecule has 3 aromatic rings. The molecule has 0 N–H and O–H groups in total. The average Bonchev–Trinajstić information content (AvgIpc) is 3.27. The van der Waals surface area contributed by atoms with Crippen molar-refractivity contribution in [1.82, 2.24) is 24.5 Å². The Morgan fingerprint density at radius 1 is 1.21 bits per heavy atom. The molecule has 3 heterocycles. The number of methoxy groups -OCH3 is 1. The summed E-state index contributed by atoms with van der Waals surface area (Å²) in [5.74, 6) is 0.0644. The maximum atomic E-state index is 13.3. The van der Waals surface area contributed by atoms with Gasteiger partial charge in [0.2, 0.25) is 0 Å². The SMILES string of the molecule is COCCn1nnc2c1CCN(C(=O)c1cc(C)n(Cc3ccccc3)c1C)C2. The molecule has 0 aliphatic carbocycles. The van der Waals surface area contributed by atoms with E-state index in [4.69, 9.17) is 4.74 Å². The number of aryl methyl sites for hydroxylation is 1. The summed E-state index contributed by atoms with van der Waals surface area (Å²) in [6.07, 6.45) is 0.764. The number of fused-ring (bicyclic) bond motifs is 1. The van der Waals surface area contributed by atoms with Crippen LogP contribution in [0.5, 0.6) is 0 Å². The minimum Gasteiger partial charge on any atom is -0.383 e. The van der Waals surface area contributed by atoms with Crippen LogP contribution in [0.2, 0.25) is 0 Å². The Bertz CT molecular complexity index is 1010. The number of carbonyl (C=O) groups is 1. The molecule has 0 fully saturated rings. The number of ether oxygens (including phenoxy) is 1. The molecule has 29 heavy (non-hydrogen) atoms. The molecule has 0 radical (unpaired) electrons. The molecule has 152 valence electrons. The van der Waals surface area contributed by atoms with Crippen molar-refractivity contribution in [2.75, 3.05) is 20.3 Å². The molecule has 0 unspecified atom stereocenters. The third-order valence-electron chi connectivity index (χ3n) is 5.66. The molecule has 1 aliphatic rings. The van der Waals surface area contributed by atoms with Crippen LogP contribution < -0.4 is 0 Å². The zero-order valence-corrected chi connectivity index (χ0v) is 17.3. The van der Waals surface area contributed by atoms with Crippen molar-refractivity contribution in [3.8, 4) is 0 Å². The van der Waals surface area contributed by atoms with Crippen molar-refractivity contribution < 1.29 is 9.53 Å². The van der Waals surface area contributed by atoms with E-state index in [1.165, 1.54) is 5.56 Å². The lowest BCUT2D eigenvalue weighted by Gasteiger charge is -2.26. The highest BCUT2D eigenvalue weighted by atomic mass is 16.5. The van der Waals surface area contributed by atoms with Crippen LogP contribution in [0.3, 0.4) is 0 Å². The Morgan fingerprint density at radius 2 is 2.00 bits per heavy atom. The summed E-state index contributed by atoms with van der Waals surface area (Å²) in [6.45, 7) is 7.32. The van der Waals surface area contributed by atoms with Crippen molar-refractivity contribution in [1.29, 1.82) is 0 Å². The van der Waals surface area contributed by atoms with Gasteiger partial charge in [-0.25, -0.2) is 4.68 Å². The van der Waals surface area contributed by atoms with Crippen molar-refractivity contribution in [3.63, 3.8) is 0 Å². The molecule has 0 atom stereocenters. The first-order valence-electron chi connectivity index (χ1n) is 9.98. The average molecular weight is 393 g/mol. The van der Waals surface area contributed by atoms with Crippen molar-refractivity contribution in [3.05, 3.63) is 70.3 Å². The van der Waals surface area contributed by atoms with E-state index < -0.39 is 0 Å². The number of aromatic nitrogens is 4. The smallest absolute Gasteiger partial charge is 0.256 e. The number of rotatable bonds is 6. The van der Waals surface area contributed by atoms with Gasteiger partial charge in [-0.2, -0.15) is 0 Å². The minimum atomic E-state index is 0.0644. The van der Waals surface area contributed by atoms with Gasteiger partial charge in [0.25, 0.3) is 5.91 Å². The highest BCUT2D eigenvalue weighted by Crippen LogP contribution is 2.23. The number of amides is 1. The monoisotopic (exact) mass is 393 g/mol. The molecule has 1 aliphatic heterocycles. The largest absolute Gasteiger partial charge is 0.383 e. The van der Waals surface area contributed by atoms with Gasteiger partial charge in [-0.05, 0) is 25.5 Å². The van der Waals surface area contributed by atoms with Crippen LogP contribution in [0.15, 0.2) is 36.4 Å². The fourth-order valence-electron chi connectivity index (χ4n) is 3.99. The van der Waals surface area contributed by atoms with Gasteiger partial charge < -0.3 is 14.2 Å². The second-order valence-electron chi connectivity index (χ2n) is 7.53. The van der Waals surface area contributed by atoms with E-state index in [1.54, 1.807) is 7.11 Å². The molecule has 2 aromatic heterocycles. The van der Waals surface area contributed by atoms with Crippen molar-refractivity contribution in [2.45, 2.75) is 39.9 Å². The topological polar surface area (TPSA) is 65.2 Å². The van der Waals surface area contributed by atoms with E-state index >= 15 is 0 Å². The molecule has 7 nitrogen and oxygen atoms in total. The van der Waals surface area contributed by atoms with Gasteiger partial charge in [0.05, 0.1) is 31.0 Å². The molecule has 0 saturated heterocycles. The normalized spacial score (nSPS) is 13.6. The Labute approximate surface area is 170 Å².